The number of rotatable bonds is 37. The van der Waals surface area contributed by atoms with Crippen LogP contribution in [-0.2, 0) is 32.7 Å². The highest BCUT2D eigenvalue weighted by Gasteiger charge is 2.51. The number of unbranched alkanes of at least 4 members (excludes halogenated alkanes) is 23. The summed E-state index contributed by atoms with van der Waals surface area (Å²) in [6, 6.07) is 0. The molecule has 0 aliphatic heterocycles. The number of carbonyl (C=O) groups is 2. The number of phosphoric ester groups is 1. The highest BCUT2D eigenvalue weighted by molar-refractivity contribution is 7.47. The summed E-state index contributed by atoms with van der Waals surface area (Å²) in [5, 5.41) is 50.0. The van der Waals surface area contributed by atoms with E-state index in [0.29, 0.717) is 12.8 Å². The number of hydrogen-bond acceptors (Lipinski definition) is 12. The van der Waals surface area contributed by atoms with Crippen molar-refractivity contribution in [1.29, 1.82) is 0 Å². The van der Waals surface area contributed by atoms with E-state index in [0.717, 1.165) is 57.8 Å². The van der Waals surface area contributed by atoms with Crippen LogP contribution in [0.2, 0.25) is 0 Å². The Balaban J connectivity index is 2.40. The van der Waals surface area contributed by atoms with Gasteiger partial charge in [-0.15, -0.1) is 0 Å². The fourth-order valence-electron chi connectivity index (χ4n) is 6.93. The number of esters is 2. The van der Waals surface area contributed by atoms with E-state index in [9.17, 15) is 44.6 Å². The second-order valence-corrected chi connectivity index (χ2v) is 17.3. The molecule has 1 aliphatic carbocycles. The van der Waals surface area contributed by atoms with Gasteiger partial charge >= 0.3 is 19.8 Å². The first-order valence-electron chi connectivity index (χ1n) is 22.5. The Labute approximate surface area is 343 Å². The Bertz CT molecular complexity index is 1060. The summed E-state index contributed by atoms with van der Waals surface area (Å²) >= 11 is 0. The van der Waals surface area contributed by atoms with Crippen molar-refractivity contribution in [2.24, 2.45) is 0 Å². The zero-order valence-corrected chi connectivity index (χ0v) is 36.3. The molecule has 8 atom stereocenters. The van der Waals surface area contributed by atoms with Crippen LogP contribution < -0.4 is 0 Å². The molecule has 1 aliphatic rings. The Kier molecular flexibility index (Phi) is 32.3. The number of ether oxygens (including phenoxy) is 2. The van der Waals surface area contributed by atoms with Gasteiger partial charge in [-0.1, -0.05) is 154 Å². The molecule has 0 bridgehead atoms. The van der Waals surface area contributed by atoms with Crippen LogP contribution >= 0.6 is 7.82 Å². The lowest BCUT2D eigenvalue weighted by Crippen LogP contribution is -2.64. The molecule has 0 aromatic rings. The van der Waals surface area contributed by atoms with E-state index < -0.39 is 75.7 Å². The zero-order valence-electron chi connectivity index (χ0n) is 35.4. The van der Waals surface area contributed by atoms with E-state index >= 15 is 0 Å². The lowest BCUT2D eigenvalue weighted by atomic mass is 9.85. The van der Waals surface area contributed by atoms with Crippen molar-refractivity contribution in [1.82, 2.24) is 0 Å². The van der Waals surface area contributed by atoms with Gasteiger partial charge in [-0.05, 0) is 38.5 Å². The number of carbonyl (C=O) groups excluding carboxylic acids is 2. The molecule has 0 spiro atoms. The van der Waals surface area contributed by atoms with E-state index in [1.54, 1.807) is 0 Å². The molecule has 0 amide bonds. The number of allylic oxidation sites excluding steroid dienone is 2. The molecule has 0 heterocycles. The van der Waals surface area contributed by atoms with E-state index in [1.807, 2.05) is 0 Å². The monoisotopic (exact) mass is 837 g/mol. The van der Waals surface area contributed by atoms with Crippen molar-refractivity contribution in [2.75, 3.05) is 13.2 Å². The van der Waals surface area contributed by atoms with Gasteiger partial charge in [-0.3, -0.25) is 18.6 Å². The second kappa shape index (κ2) is 34.3. The maximum atomic E-state index is 12.8. The third-order valence-corrected chi connectivity index (χ3v) is 11.6. The van der Waals surface area contributed by atoms with Crippen molar-refractivity contribution in [3.05, 3.63) is 12.2 Å². The predicted octanol–water partition coefficient (Wildman–Crippen LogP) is 8.28. The van der Waals surface area contributed by atoms with Crippen LogP contribution in [0.5, 0.6) is 0 Å². The largest absolute Gasteiger partial charge is 0.472 e. The van der Waals surface area contributed by atoms with Crippen LogP contribution in [-0.4, -0.2) is 98.3 Å². The number of phosphoric acid groups is 1. The summed E-state index contributed by atoms with van der Waals surface area (Å²) in [6.45, 7) is 3.26. The van der Waals surface area contributed by atoms with Crippen LogP contribution in [0.25, 0.3) is 0 Å². The molecule has 1 saturated carbocycles. The fraction of sp³-hybridized carbons (Fsp3) is 0.907. The summed E-state index contributed by atoms with van der Waals surface area (Å²) in [5.41, 5.74) is 0. The number of aliphatic hydroxyl groups is 5. The fourth-order valence-corrected chi connectivity index (χ4v) is 7.90. The smallest absolute Gasteiger partial charge is 0.462 e. The molecule has 13 nitrogen and oxygen atoms in total. The van der Waals surface area contributed by atoms with Gasteiger partial charge < -0.3 is 39.9 Å². The van der Waals surface area contributed by atoms with Gasteiger partial charge in [0.15, 0.2) is 6.10 Å². The summed E-state index contributed by atoms with van der Waals surface area (Å²) in [6.07, 6.45) is 21.5. The molecule has 57 heavy (non-hydrogen) atoms. The van der Waals surface area contributed by atoms with Gasteiger partial charge in [-0.25, -0.2) is 4.57 Å². The predicted molar refractivity (Wildman–Crippen MR) is 221 cm³/mol. The molecule has 0 aromatic carbocycles. The van der Waals surface area contributed by atoms with Crippen molar-refractivity contribution < 1.29 is 63.1 Å². The average Bonchev–Trinajstić information content (AvgIpc) is 3.19. The first-order valence-corrected chi connectivity index (χ1v) is 24.0. The molecular weight excluding hydrogens is 755 g/mol. The standard InChI is InChI=1S/C43H81O13P/c1-3-5-7-9-11-13-14-15-16-17-18-19-20-21-22-24-25-27-29-31-36(44)53-33-35(55-37(45)32-30-28-26-23-12-10-8-6-4-2)34-54-57(51,52)56-43-41(49)39(47)38(46)40(48)42(43)50/h17-18,35,38-43,46-50H,3-16,19-34H2,1-2H3,(H,51,52)/b18-17-/t35-,38?,39-,40?,41?,42?,43?/m1/s1. The van der Waals surface area contributed by atoms with Crippen LogP contribution in [0.1, 0.15) is 194 Å². The third kappa shape index (κ3) is 27.1. The minimum Gasteiger partial charge on any atom is -0.462 e. The molecule has 0 saturated heterocycles. The third-order valence-electron chi connectivity index (χ3n) is 10.6. The van der Waals surface area contributed by atoms with Gasteiger partial charge in [0.2, 0.25) is 0 Å². The van der Waals surface area contributed by atoms with Crippen molar-refractivity contribution in [3.8, 4) is 0 Å². The van der Waals surface area contributed by atoms with Crippen LogP contribution in [0.15, 0.2) is 12.2 Å². The Morgan fingerprint density at radius 3 is 1.33 bits per heavy atom. The maximum absolute atomic E-state index is 12.8. The lowest BCUT2D eigenvalue weighted by Gasteiger charge is -2.41. The van der Waals surface area contributed by atoms with Crippen molar-refractivity contribution >= 4 is 19.8 Å². The summed E-state index contributed by atoms with van der Waals surface area (Å²) in [4.78, 5) is 35.5. The molecule has 1 rings (SSSR count). The van der Waals surface area contributed by atoms with Gasteiger partial charge in [0.25, 0.3) is 0 Å². The van der Waals surface area contributed by atoms with Crippen molar-refractivity contribution in [2.45, 2.75) is 236 Å². The number of aliphatic hydroxyl groups excluding tert-OH is 5. The van der Waals surface area contributed by atoms with E-state index in [-0.39, 0.29) is 12.8 Å². The minimum atomic E-state index is -5.11. The van der Waals surface area contributed by atoms with Gasteiger partial charge in [0.1, 0.15) is 43.2 Å². The molecule has 6 N–H and O–H groups in total. The van der Waals surface area contributed by atoms with Crippen molar-refractivity contribution in [3.63, 3.8) is 0 Å². The summed E-state index contributed by atoms with van der Waals surface area (Å²) < 4.78 is 33.4. The van der Waals surface area contributed by atoms with Crippen LogP contribution in [0, 0.1) is 0 Å². The Morgan fingerprint density at radius 2 is 0.895 bits per heavy atom. The highest BCUT2D eigenvalue weighted by Crippen LogP contribution is 2.47. The molecule has 6 unspecified atom stereocenters. The normalized spacial score (nSPS) is 22.7. The molecule has 14 heteroatoms. The Morgan fingerprint density at radius 1 is 0.526 bits per heavy atom. The van der Waals surface area contributed by atoms with E-state index in [2.05, 4.69) is 26.0 Å². The van der Waals surface area contributed by atoms with Gasteiger partial charge in [-0.2, -0.15) is 0 Å². The molecular formula is C43H81O13P. The molecule has 0 radical (unpaired) electrons. The quantitative estimate of drug-likeness (QED) is 0.0151. The number of hydrogen-bond donors (Lipinski definition) is 6. The lowest BCUT2D eigenvalue weighted by molar-refractivity contribution is -0.220. The maximum Gasteiger partial charge on any atom is 0.472 e. The molecule has 0 aromatic heterocycles. The van der Waals surface area contributed by atoms with Gasteiger partial charge in [0, 0.05) is 12.8 Å². The summed E-state index contributed by atoms with van der Waals surface area (Å²) in [5.74, 6) is -1.10. The zero-order chi connectivity index (χ0) is 42.2. The molecule has 336 valence electrons. The summed E-state index contributed by atoms with van der Waals surface area (Å²) in [7, 11) is -5.11. The van der Waals surface area contributed by atoms with E-state index in [1.165, 1.54) is 96.3 Å². The molecule has 1 fully saturated rings. The first-order chi connectivity index (χ1) is 27.4. The SMILES string of the molecule is CCCCCCCCCC/C=C\CCCCCCCCCC(=O)OC[C@H](COP(=O)(O)OC1C(O)C(O)C(O)[C@@H](O)C1O)OC(=O)CCCCCCCCCCC. The van der Waals surface area contributed by atoms with Crippen LogP contribution in [0.3, 0.4) is 0 Å². The topological polar surface area (TPSA) is 210 Å². The van der Waals surface area contributed by atoms with E-state index in [4.69, 9.17) is 18.5 Å². The van der Waals surface area contributed by atoms with Gasteiger partial charge in [0.05, 0.1) is 6.61 Å². The minimum absolute atomic E-state index is 0.0994. The average molecular weight is 837 g/mol. The Hall–Kier alpha value is -1.41. The first kappa shape index (κ1) is 53.6. The highest BCUT2D eigenvalue weighted by atomic mass is 31.2. The van der Waals surface area contributed by atoms with Crippen LogP contribution in [0.4, 0.5) is 0 Å². The second-order valence-electron chi connectivity index (χ2n) is 15.9.